The molecule has 0 radical (unpaired) electrons. The van der Waals surface area contributed by atoms with Gasteiger partial charge in [-0.2, -0.15) is 12.6 Å². The maximum atomic E-state index is 13.9. The lowest BCUT2D eigenvalue weighted by Crippen LogP contribution is -3.12. The van der Waals surface area contributed by atoms with E-state index in [1.54, 1.807) is 30.3 Å². The number of allylic oxidation sites excluding steroid dienone is 1. The zero-order valence-electron chi connectivity index (χ0n) is 27.8. The number of aryl methyl sites for hydroxylation is 1. The number of thiol groups is 1. The number of quaternary nitrogens is 1. The Hall–Kier alpha value is -3.49. The van der Waals surface area contributed by atoms with Gasteiger partial charge in [-0.25, -0.2) is 4.79 Å². The summed E-state index contributed by atoms with van der Waals surface area (Å²) in [4.78, 5) is 27.7. The van der Waals surface area contributed by atoms with Gasteiger partial charge in [-0.05, 0) is 94.0 Å². The van der Waals surface area contributed by atoms with Crippen LogP contribution in [0, 0.1) is 6.92 Å². The van der Waals surface area contributed by atoms with Gasteiger partial charge >= 0.3 is 5.97 Å². The van der Waals surface area contributed by atoms with Crippen molar-refractivity contribution in [2.75, 3.05) is 12.3 Å². The largest absolute Gasteiger partial charge is 0.508 e. The monoisotopic (exact) mass is 623 g/mol. The maximum absolute atomic E-state index is 13.9. The first-order valence-corrected chi connectivity index (χ1v) is 16.5. The molecule has 3 N–H and O–H groups in total. The van der Waals surface area contributed by atoms with Gasteiger partial charge in [0.25, 0.3) is 5.91 Å². The summed E-state index contributed by atoms with van der Waals surface area (Å²) in [5.74, 6) is 1.14. The number of esters is 1. The molecule has 0 bridgehead atoms. The highest BCUT2D eigenvalue weighted by Crippen LogP contribution is 2.37. The Bertz CT molecular complexity index is 1380. The van der Waals surface area contributed by atoms with Crippen LogP contribution in [0.4, 0.5) is 5.69 Å². The molecule has 1 heterocycles. The van der Waals surface area contributed by atoms with Gasteiger partial charge in [-0.3, -0.25) is 9.69 Å². The third-order valence-electron chi connectivity index (χ3n) is 7.18. The van der Waals surface area contributed by atoms with Crippen molar-refractivity contribution < 1.29 is 29.1 Å². The van der Waals surface area contributed by atoms with Crippen LogP contribution >= 0.6 is 12.6 Å². The van der Waals surface area contributed by atoms with Gasteiger partial charge in [0.05, 0.1) is 23.8 Å². The van der Waals surface area contributed by atoms with E-state index in [0.717, 1.165) is 36.4 Å². The van der Waals surface area contributed by atoms with Gasteiger partial charge in [0.15, 0.2) is 0 Å². The number of aromatic hydroxyl groups is 1. The molecule has 1 aliphatic carbocycles. The number of phenolic OH excluding ortho intramolecular Hbond substituents is 1. The fraction of sp³-hybridized carbons (Fsp3) is 0.444. The van der Waals surface area contributed by atoms with Crippen molar-refractivity contribution >= 4 is 35.8 Å². The molecule has 3 atom stereocenters. The Morgan fingerprint density at radius 3 is 2.39 bits per heavy atom. The zero-order valence-corrected chi connectivity index (χ0v) is 28.7. The van der Waals surface area contributed by atoms with E-state index >= 15 is 0 Å². The van der Waals surface area contributed by atoms with Crippen LogP contribution in [0.5, 0.6) is 11.5 Å². The second kappa shape index (κ2) is 17.7. The van der Waals surface area contributed by atoms with Crippen LogP contribution in [-0.2, 0) is 9.53 Å². The van der Waals surface area contributed by atoms with Crippen LogP contribution in [0.25, 0.3) is 5.57 Å². The lowest BCUT2D eigenvalue weighted by atomic mass is 9.85. The Morgan fingerprint density at radius 1 is 1.07 bits per heavy atom. The maximum Gasteiger partial charge on any atom is 0.344 e. The Balaban J connectivity index is 0.00000162. The average Bonchev–Trinajstić information content (AvgIpc) is 3.01. The lowest BCUT2D eigenvalue weighted by Gasteiger charge is -2.35. The first kappa shape index (κ1) is 36.7. The Kier molecular flexibility index (Phi) is 14.8. The third kappa shape index (κ3) is 9.02. The van der Waals surface area contributed by atoms with Crippen molar-refractivity contribution in [3.05, 3.63) is 82.6 Å². The summed E-state index contributed by atoms with van der Waals surface area (Å²) in [6.07, 6.45) is 7.61. The summed E-state index contributed by atoms with van der Waals surface area (Å²) >= 11 is 4.42. The summed E-state index contributed by atoms with van der Waals surface area (Å²) in [6, 6.07) is 10.1. The number of phenols is 1. The minimum Gasteiger partial charge on any atom is -0.508 e. The highest BCUT2D eigenvalue weighted by molar-refractivity contribution is 7.80. The van der Waals surface area contributed by atoms with Crippen LogP contribution in [-0.4, -0.2) is 47.5 Å². The number of carbonyl (C=O) groups excluding carboxylic acids is 2. The molecule has 7 nitrogen and oxygen atoms in total. The number of nitrogens with one attached hydrogen (secondary N) is 2. The normalized spacial score (nSPS) is 17.1. The minimum absolute atomic E-state index is 0.0327. The highest BCUT2D eigenvalue weighted by Gasteiger charge is 2.40. The molecule has 0 aromatic heterocycles. The summed E-state index contributed by atoms with van der Waals surface area (Å²) in [7, 11) is 0. The van der Waals surface area contributed by atoms with Crippen molar-refractivity contribution in [2.45, 2.75) is 93.3 Å². The van der Waals surface area contributed by atoms with Crippen molar-refractivity contribution in [1.82, 2.24) is 5.32 Å². The van der Waals surface area contributed by atoms with Crippen LogP contribution in [0.15, 0.2) is 66.0 Å². The van der Waals surface area contributed by atoms with E-state index in [-0.39, 0.29) is 29.8 Å². The molecule has 3 unspecified atom stereocenters. The molecule has 1 aliphatic heterocycles. The lowest BCUT2D eigenvalue weighted by molar-refractivity contribution is -0.847. The number of amides is 1. The number of carbonyl (C=O) groups is 2. The molecular formula is C36H51N2O5S+. The number of rotatable bonds is 10. The van der Waals surface area contributed by atoms with Crippen molar-refractivity contribution in [1.29, 1.82) is 0 Å². The number of ether oxygens (including phenoxy) is 2. The van der Waals surface area contributed by atoms with Gasteiger partial charge in [0.2, 0.25) is 0 Å². The van der Waals surface area contributed by atoms with Crippen molar-refractivity contribution in [2.24, 2.45) is 0 Å². The number of hydrogen-bond donors (Lipinski definition) is 4. The van der Waals surface area contributed by atoms with Crippen molar-refractivity contribution in [3.63, 3.8) is 0 Å². The van der Waals surface area contributed by atoms with E-state index in [1.165, 1.54) is 4.90 Å². The van der Waals surface area contributed by atoms with E-state index < -0.39 is 5.97 Å². The van der Waals surface area contributed by atoms with E-state index in [2.05, 4.69) is 24.0 Å². The first-order valence-electron chi connectivity index (χ1n) is 15.9. The quantitative estimate of drug-likeness (QED) is 0.102. The van der Waals surface area contributed by atoms with Gasteiger partial charge in [-0.15, -0.1) is 0 Å². The Labute approximate surface area is 269 Å². The van der Waals surface area contributed by atoms with E-state index in [9.17, 15) is 14.7 Å². The smallest absolute Gasteiger partial charge is 0.344 e. The zero-order chi connectivity index (χ0) is 33.0. The SMILES string of the molecule is CC.CC.CCC(C)NC(=O)c1ccc(OC(=O)C2=C3C=C(OC(C)C)C=CC3[NH+](CCCS)c3ccc(O)cc32)c(C)c1. The predicted molar refractivity (Wildman–Crippen MR) is 183 cm³/mol. The van der Waals surface area contributed by atoms with Crippen LogP contribution < -0.4 is 15.0 Å². The molecule has 0 saturated heterocycles. The third-order valence-corrected chi connectivity index (χ3v) is 7.49. The molecule has 240 valence electrons. The molecule has 4 rings (SSSR count). The Morgan fingerprint density at radius 2 is 1.77 bits per heavy atom. The molecule has 0 fully saturated rings. The average molecular weight is 624 g/mol. The van der Waals surface area contributed by atoms with E-state index in [4.69, 9.17) is 9.47 Å². The molecule has 1 amide bonds. The van der Waals surface area contributed by atoms with E-state index in [1.807, 2.05) is 80.5 Å². The van der Waals surface area contributed by atoms with Crippen LogP contribution in [0.2, 0.25) is 0 Å². The minimum atomic E-state index is -0.532. The number of hydrogen-bond acceptors (Lipinski definition) is 6. The van der Waals surface area contributed by atoms with E-state index in [0.29, 0.717) is 33.8 Å². The summed E-state index contributed by atoms with van der Waals surface area (Å²) in [5, 5.41) is 13.4. The molecular weight excluding hydrogens is 572 g/mol. The van der Waals surface area contributed by atoms with Gasteiger partial charge < -0.3 is 19.9 Å². The topological polar surface area (TPSA) is 89.3 Å². The second-order valence-corrected chi connectivity index (χ2v) is 11.1. The molecule has 2 aromatic carbocycles. The summed E-state index contributed by atoms with van der Waals surface area (Å²) in [6.45, 7) is 18.5. The molecule has 0 spiro atoms. The number of fused-ring (bicyclic) bond motifs is 2. The highest BCUT2D eigenvalue weighted by atomic mass is 32.1. The first-order chi connectivity index (χ1) is 21.1. The van der Waals surface area contributed by atoms with Gasteiger partial charge in [0, 0.05) is 29.7 Å². The predicted octanol–water partition coefficient (Wildman–Crippen LogP) is 6.74. The van der Waals surface area contributed by atoms with Crippen LogP contribution in [0.1, 0.15) is 89.7 Å². The standard InChI is InChI=1S/C32H38N2O5S.2C2H6/c1-6-21(5)33-31(36)22-8-13-29(20(4)16-22)39-32(37)30-25-17-23(35)9-11-27(25)34(14-7-15-40)28-12-10-24(18-26(28)30)38-19(2)3;2*1-2/h8-13,16-19,21,28,35,40H,6-7,14-15H2,1-5H3,(H,33,36);2*1-2H3/p+1. The van der Waals surface area contributed by atoms with Gasteiger partial charge in [-0.1, -0.05) is 34.6 Å². The summed E-state index contributed by atoms with van der Waals surface area (Å²) < 4.78 is 12.0. The van der Waals surface area contributed by atoms with Gasteiger partial charge in [0.1, 0.15) is 29.0 Å². The fourth-order valence-electron chi connectivity index (χ4n) is 5.06. The molecule has 2 aliphatic rings. The number of benzene rings is 2. The molecule has 44 heavy (non-hydrogen) atoms. The summed E-state index contributed by atoms with van der Waals surface area (Å²) in [5.41, 5.74) is 3.88. The van der Waals surface area contributed by atoms with Crippen molar-refractivity contribution in [3.8, 4) is 11.5 Å². The molecule has 8 heteroatoms. The molecule has 2 aromatic rings. The second-order valence-electron chi connectivity index (χ2n) is 10.6. The fourth-order valence-corrected chi connectivity index (χ4v) is 5.22. The molecule has 0 saturated carbocycles. The van der Waals surface area contributed by atoms with Crippen LogP contribution in [0.3, 0.4) is 0 Å².